The van der Waals surface area contributed by atoms with E-state index in [0.717, 1.165) is 0 Å². The normalized spacial score (nSPS) is 37.5. The summed E-state index contributed by atoms with van der Waals surface area (Å²) in [5.74, 6) is 0. The van der Waals surface area contributed by atoms with Crippen LogP contribution < -0.4 is 0 Å². The average Bonchev–Trinajstić information content (AvgIpc) is 2.34. The van der Waals surface area contributed by atoms with Gasteiger partial charge in [0.25, 0.3) is 0 Å². The fourth-order valence-corrected chi connectivity index (χ4v) is 1.44. The van der Waals surface area contributed by atoms with Crippen LogP contribution in [0, 0.1) is 0 Å². The Morgan fingerprint density at radius 3 is 2.59 bits per heavy atom. The number of hydrogen-bond acceptors (Lipinski definition) is 6. The molecule has 5 atom stereocenters. The van der Waals surface area contributed by atoms with Gasteiger partial charge in [-0.1, -0.05) is 5.11 Å². The highest BCUT2D eigenvalue weighted by atomic mass is 19.1. The van der Waals surface area contributed by atoms with E-state index in [-0.39, 0.29) is 13.2 Å². The van der Waals surface area contributed by atoms with Crippen LogP contribution in [0.15, 0.2) is 5.11 Å². The number of rotatable bonds is 5. The highest BCUT2D eigenvalue weighted by Gasteiger charge is 2.44. The predicted octanol–water partition coefficient (Wildman–Crippen LogP) is -0.910. The first-order valence-electron chi connectivity index (χ1n) is 5.00. The van der Waals surface area contributed by atoms with Gasteiger partial charge >= 0.3 is 0 Å². The first kappa shape index (κ1) is 14.1. The van der Waals surface area contributed by atoms with E-state index < -0.39 is 37.4 Å². The van der Waals surface area contributed by atoms with Crippen LogP contribution in [-0.2, 0) is 9.47 Å². The van der Waals surface area contributed by atoms with Gasteiger partial charge in [-0.2, -0.15) is 0 Å². The summed E-state index contributed by atoms with van der Waals surface area (Å²) < 4.78 is 22.3. The molecule has 1 aliphatic rings. The van der Waals surface area contributed by atoms with E-state index in [1.807, 2.05) is 0 Å². The zero-order chi connectivity index (χ0) is 12.8. The minimum absolute atomic E-state index is 0.0159. The molecule has 0 spiro atoms. The van der Waals surface area contributed by atoms with E-state index in [1.165, 1.54) is 0 Å². The van der Waals surface area contributed by atoms with E-state index in [4.69, 9.17) is 15.0 Å². The second-order valence-corrected chi connectivity index (χ2v) is 3.49. The Hall–Kier alpha value is -0.960. The van der Waals surface area contributed by atoms with Gasteiger partial charge in [-0.25, -0.2) is 4.39 Å². The van der Waals surface area contributed by atoms with Crippen LogP contribution in [0.25, 0.3) is 10.4 Å². The molecular formula is C8H14FN3O5. The maximum absolute atomic E-state index is 12.4. The molecule has 0 aromatic carbocycles. The van der Waals surface area contributed by atoms with Crippen molar-refractivity contribution in [2.75, 3.05) is 19.8 Å². The molecule has 0 saturated carbocycles. The van der Waals surface area contributed by atoms with E-state index in [9.17, 15) is 19.7 Å². The van der Waals surface area contributed by atoms with Crippen LogP contribution in [0.5, 0.6) is 0 Å². The smallest absolute Gasteiger partial charge is 0.186 e. The summed E-state index contributed by atoms with van der Waals surface area (Å²) in [6.07, 6.45) is -7.05. The second kappa shape index (κ2) is 6.70. The number of nitrogens with zero attached hydrogens (tertiary/aromatic N) is 3. The molecule has 3 N–H and O–H groups in total. The molecule has 0 bridgehead atoms. The predicted molar refractivity (Wildman–Crippen MR) is 52.6 cm³/mol. The number of alkyl halides is 1. The van der Waals surface area contributed by atoms with Gasteiger partial charge in [-0.15, -0.1) is 0 Å². The van der Waals surface area contributed by atoms with E-state index in [0.29, 0.717) is 0 Å². The van der Waals surface area contributed by atoms with Crippen molar-refractivity contribution in [1.29, 1.82) is 0 Å². The van der Waals surface area contributed by atoms with Crippen molar-refractivity contribution in [3.63, 3.8) is 0 Å². The third-order valence-corrected chi connectivity index (χ3v) is 2.36. The zero-order valence-corrected chi connectivity index (χ0v) is 8.89. The first-order chi connectivity index (χ1) is 8.11. The fourth-order valence-electron chi connectivity index (χ4n) is 1.44. The van der Waals surface area contributed by atoms with Crippen molar-refractivity contribution in [1.82, 2.24) is 0 Å². The Balaban J connectivity index is 2.50. The molecule has 1 rings (SSSR count). The van der Waals surface area contributed by atoms with Crippen LogP contribution in [0.2, 0.25) is 0 Å². The Morgan fingerprint density at radius 1 is 1.29 bits per heavy atom. The number of halogens is 1. The van der Waals surface area contributed by atoms with Crippen molar-refractivity contribution >= 4 is 0 Å². The summed E-state index contributed by atoms with van der Waals surface area (Å²) in [6.45, 7) is -1.04. The highest BCUT2D eigenvalue weighted by molar-refractivity contribution is 4.88. The molecule has 1 heterocycles. The molecule has 1 fully saturated rings. The van der Waals surface area contributed by atoms with Gasteiger partial charge in [0.05, 0.1) is 6.61 Å². The minimum Gasteiger partial charge on any atom is -0.387 e. The van der Waals surface area contributed by atoms with E-state index in [2.05, 4.69) is 10.0 Å². The van der Waals surface area contributed by atoms with Gasteiger partial charge in [0.1, 0.15) is 31.1 Å². The van der Waals surface area contributed by atoms with Crippen molar-refractivity contribution in [3.8, 4) is 0 Å². The molecule has 8 nitrogen and oxygen atoms in total. The van der Waals surface area contributed by atoms with Gasteiger partial charge in [0.15, 0.2) is 6.29 Å². The van der Waals surface area contributed by atoms with Gasteiger partial charge in [0.2, 0.25) is 0 Å². The molecule has 0 unspecified atom stereocenters. The van der Waals surface area contributed by atoms with Crippen LogP contribution in [-0.4, -0.2) is 65.9 Å². The molecule has 1 saturated heterocycles. The molecular weight excluding hydrogens is 237 g/mol. The lowest BCUT2D eigenvalue weighted by molar-refractivity contribution is -0.297. The summed E-state index contributed by atoms with van der Waals surface area (Å²) in [5.41, 5.74) is 8.01. The topological polar surface area (TPSA) is 128 Å². The fraction of sp³-hybridized carbons (Fsp3) is 1.00. The van der Waals surface area contributed by atoms with Crippen LogP contribution in [0.3, 0.4) is 0 Å². The Morgan fingerprint density at radius 2 is 2.00 bits per heavy atom. The quantitative estimate of drug-likeness (QED) is 0.252. The Bertz CT molecular complexity index is 286. The van der Waals surface area contributed by atoms with Crippen molar-refractivity contribution < 1.29 is 29.2 Å². The van der Waals surface area contributed by atoms with Gasteiger partial charge in [-0.3, -0.25) is 0 Å². The molecule has 98 valence electrons. The SMILES string of the molecule is [N-]=[N+]=NCCO[C@@H]1O[C@H](CF)[C@@H](O)[C@H](O)[C@H]1O. The number of aliphatic hydroxyl groups excluding tert-OH is 3. The van der Waals surface area contributed by atoms with Crippen LogP contribution in [0.4, 0.5) is 4.39 Å². The third kappa shape index (κ3) is 3.50. The van der Waals surface area contributed by atoms with Crippen molar-refractivity contribution in [3.05, 3.63) is 10.4 Å². The standard InChI is InChI=1S/C8H14FN3O5/c9-3-4-5(13)6(14)7(15)8(17-4)16-2-1-11-12-10/h4-8,13-15H,1-3H2/t4-,5-,6+,7-,8-/m1/s1. The van der Waals surface area contributed by atoms with Crippen LogP contribution in [0.1, 0.15) is 0 Å². The molecule has 0 amide bonds. The average molecular weight is 251 g/mol. The van der Waals surface area contributed by atoms with E-state index in [1.54, 1.807) is 0 Å². The molecule has 9 heteroatoms. The number of aliphatic hydroxyl groups is 3. The monoisotopic (exact) mass is 251 g/mol. The van der Waals surface area contributed by atoms with Gasteiger partial charge in [-0.05, 0) is 5.53 Å². The summed E-state index contributed by atoms with van der Waals surface area (Å²) in [6, 6.07) is 0. The van der Waals surface area contributed by atoms with Crippen LogP contribution >= 0.6 is 0 Å². The maximum Gasteiger partial charge on any atom is 0.186 e. The van der Waals surface area contributed by atoms with Gasteiger partial charge in [0, 0.05) is 11.5 Å². The van der Waals surface area contributed by atoms with Gasteiger partial charge < -0.3 is 24.8 Å². The summed E-state index contributed by atoms with van der Waals surface area (Å²) in [7, 11) is 0. The minimum atomic E-state index is -1.55. The largest absolute Gasteiger partial charge is 0.387 e. The number of ether oxygens (including phenoxy) is 2. The Kier molecular flexibility index (Phi) is 5.56. The van der Waals surface area contributed by atoms with Crippen molar-refractivity contribution in [2.45, 2.75) is 30.7 Å². The molecule has 0 radical (unpaired) electrons. The number of azide groups is 1. The first-order valence-corrected chi connectivity index (χ1v) is 5.00. The summed E-state index contributed by atoms with van der Waals surface area (Å²) in [4.78, 5) is 2.49. The Labute approximate surface area is 96.2 Å². The van der Waals surface area contributed by atoms with Crippen molar-refractivity contribution in [2.24, 2.45) is 5.11 Å². The lowest BCUT2D eigenvalue weighted by Gasteiger charge is -2.39. The van der Waals surface area contributed by atoms with E-state index >= 15 is 0 Å². The molecule has 0 aromatic heterocycles. The summed E-state index contributed by atoms with van der Waals surface area (Å²) in [5, 5.41) is 31.4. The highest BCUT2D eigenvalue weighted by Crippen LogP contribution is 2.22. The number of hydrogen-bond donors (Lipinski definition) is 3. The lowest BCUT2D eigenvalue weighted by atomic mass is 10.00. The molecule has 1 aliphatic heterocycles. The molecule has 17 heavy (non-hydrogen) atoms. The molecule has 0 aliphatic carbocycles. The molecule has 0 aromatic rings. The lowest BCUT2D eigenvalue weighted by Crippen LogP contribution is -2.58. The summed E-state index contributed by atoms with van der Waals surface area (Å²) >= 11 is 0. The maximum atomic E-state index is 12.4. The second-order valence-electron chi connectivity index (χ2n) is 3.49. The third-order valence-electron chi connectivity index (χ3n) is 2.36. The zero-order valence-electron chi connectivity index (χ0n) is 8.89.